The molecule has 198 valence electrons. The zero-order chi connectivity index (χ0) is 26.6. The van der Waals surface area contributed by atoms with E-state index in [2.05, 4.69) is 34.5 Å². The van der Waals surface area contributed by atoms with Crippen molar-refractivity contribution < 1.29 is 14.3 Å². The number of benzene rings is 2. The normalized spacial score (nSPS) is 20.1. The third-order valence-electron chi connectivity index (χ3n) is 7.34. The second kappa shape index (κ2) is 11.6. The molecule has 5 rings (SSSR count). The van der Waals surface area contributed by atoms with Gasteiger partial charge in [-0.15, -0.1) is 0 Å². The lowest BCUT2D eigenvalue weighted by atomic mass is 9.93. The number of likely N-dealkylation sites (tertiary alicyclic amines) is 1. The summed E-state index contributed by atoms with van der Waals surface area (Å²) in [5.74, 6) is -0.410. The number of amidine groups is 1. The minimum Gasteiger partial charge on any atom is -0.466 e. The number of hydrogen-bond acceptors (Lipinski definition) is 7. The first-order valence-corrected chi connectivity index (χ1v) is 14.0. The molecule has 2 aromatic rings. The van der Waals surface area contributed by atoms with Crippen molar-refractivity contribution in [2.75, 3.05) is 20.2 Å². The third-order valence-corrected chi connectivity index (χ3v) is 8.23. The lowest BCUT2D eigenvalue weighted by Crippen LogP contribution is -2.45. The van der Waals surface area contributed by atoms with Gasteiger partial charge in [0, 0.05) is 31.4 Å². The topological polar surface area (TPSA) is 74.2 Å². The number of piperidine rings is 1. The molecule has 0 spiro atoms. The maximum absolute atomic E-state index is 13.2. The smallest absolute Gasteiger partial charge is 0.338 e. The number of amides is 1. The van der Waals surface area contributed by atoms with Gasteiger partial charge in [0.05, 0.1) is 30.8 Å². The number of fused-ring (bicyclic) bond motifs is 1. The second-order valence-electron chi connectivity index (χ2n) is 10.1. The predicted molar refractivity (Wildman–Crippen MR) is 151 cm³/mol. The maximum Gasteiger partial charge on any atom is 0.338 e. The van der Waals surface area contributed by atoms with Crippen LogP contribution in [0.25, 0.3) is 0 Å². The van der Waals surface area contributed by atoms with Crippen molar-refractivity contribution in [2.24, 2.45) is 4.99 Å². The summed E-state index contributed by atoms with van der Waals surface area (Å²) in [7, 11) is 1.39. The van der Waals surface area contributed by atoms with E-state index in [-0.39, 0.29) is 18.4 Å². The van der Waals surface area contributed by atoms with Crippen molar-refractivity contribution in [2.45, 2.75) is 51.7 Å². The molecule has 3 aliphatic heterocycles. The van der Waals surface area contributed by atoms with Crippen molar-refractivity contribution in [3.05, 3.63) is 93.7 Å². The van der Waals surface area contributed by atoms with E-state index < -0.39 is 12.0 Å². The van der Waals surface area contributed by atoms with E-state index in [0.29, 0.717) is 11.3 Å². The highest BCUT2D eigenvalue weighted by Crippen LogP contribution is 2.44. The van der Waals surface area contributed by atoms with Gasteiger partial charge in [0.15, 0.2) is 5.17 Å². The zero-order valence-corrected chi connectivity index (χ0v) is 23.0. The number of methoxy groups -OCH3 is 1. The summed E-state index contributed by atoms with van der Waals surface area (Å²) >= 11 is 1.49. The van der Waals surface area contributed by atoms with Gasteiger partial charge in [-0.3, -0.25) is 9.69 Å². The van der Waals surface area contributed by atoms with Crippen LogP contribution in [0.2, 0.25) is 0 Å². The van der Waals surface area contributed by atoms with Crippen molar-refractivity contribution in [1.82, 2.24) is 15.1 Å². The Balaban J connectivity index is 1.25. The van der Waals surface area contributed by atoms with Crippen LogP contribution in [0.5, 0.6) is 0 Å². The van der Waals surface area contributed by atoms with Crippen LogP contribution in [-0.4, -0.2) is 53.1 Å². The summed E-state index contributed by atoms with van der Waals surface area (Å²) < 4.78 is 5.14. The Hall–Kier alpha value is -3.36. The highest BCUT2D eigenvalue weighted by atomic mass is 32.2. The van der Waals surface area contributed by atoms with Crippen LogP contribution in [-0.2, 0) is 20.9 Å². The summed E-state index contributed by atoms with van der Waals surface area (Å²) in [4.78, 5) is 35.2. The number of hydrogen-bond donors (Lipinski definition) is 1. The summed E-state index contributed by atoms with van der Waals surface area (Å²) in [6, 6.07) is 18.4. The van der Waals surface area contributed by atoms with E-state index >= 15 is 0 Å². The van der Waals surface area contributed by atoms with Crippen molar-refractivity contribution in [1.29, 1.82) is 0 Å². The van der Waals surface area contributed by atoms with E-state index in [1.807, 2.05) is 54.5 Å². The summed E-state index contributed by atoms with van der Waals surface area (Å²) in [5, 5.41) is 6.01. The molecular weight excluding hydrogens is 496 g/mol. The van der Waals surface area contributed by atoms with E-state index in [0.717, 1.165) is 54.5 Å². The molecule has 0 radical (unpaired) electrons. The molecule has 8 heteroatoms. The van der Waals surface area contributed by atoms with Gasteiger partial charge in [-0.2, -0.15) is 0 Å². The summed E-state index contributed by atoms with van der Waals surface area (Å²) in [6.07, 6.45) is 2.10. The number of aliphatic imine (C=N–C) groups is 1. The quantitative estimate of drug-likeness (QED) is 0.513. The Bertz CT molecular complexity index is 1280. The van der Waals surface area contributed by atoms with Gasteiger partial charge in [0.2, 0.25) is 5.91 Å². The van der Waals surface area contributed by atoms with Crippen molar-refractivity contribution >= 4 is 28.8 Å². The average molecular weight is 531 g/mol. The number of nitrogens with zero attached hydrogens (tertiary/aromatic N) is 3. The molecule has 3 heterocycles. The number of carbonyl (C=O) groups excluding carboxylic acids is 2. The second-order valence-corrected chi connectivity index (χ2v) is 10.9. The Labute approximate surface area is 228 Å². The molecule has 1 saturated heterocycles. The molecule has 2 aromatic carbocycles. The molecule has 1 amide bonds. The summed E-state index contributed by atoms with van der Waals surface area (Å²) in [6.45, 7) is 6.74. The first kappa shape index (κ1) is 26.3. The van der Waals surface area contributed by atoms with Crippen LogP contribution in [0.3, 0.4) is 0 Å². The molecule has 1 N–H and O–H groups in total. The number of aryl methyl sites for hydroxylation is 1. The minimum absolute atomic E-state index is 0.00633. The molecule has 0 aromatic heterocycles. The SMILES string of the molecule is COC(=O)C1=C(C)N=C2SC=C(CC(=O)NC3CCN(Cc4ccccc4)CC3)N2C1c1ccc(C)cc1. The lowest BCUT2D eigenvalue weighted by Gasteiger charge is -2.36. The van der Waals surface area contributed by atoms with Crippen molar-refractivity contribution in [3.63, 3.8) is 0 Å². The Morgan fingerprint density at radius 1 is 1.05 bits per heavy atom. The van der Waals surface area contributed by atoms with E-state index in [4.69, 9.17) is 9.73 Å². The van der Waals surface area contributed by atoms with Crippen LogP contribution >= 0.6 is 11.8 Å². The van der Waals surface area contributed by atoms with Crippen LogP contribution < -0.4 is 5.32 Å². The first-order chi connectivity index (χ1) is 18.4. The van der Waals surface area contributed by atoms with Crippen LogP contribution in [0.15, 0.2) is 82.0 Å². The predicted octanol–water partition coefficient (Wildman–Crippen LogP) is 4.91. The highest BCUT2D eigenvalue weighted by molar-refractivity contribution is 8.16. The van der Waals surface area contributed by atoms with Crippen LogP contribution in [0, 0.1) is 6.92 Å². The molecule has 7 nitrogen and oxygen atoms in total. The molecule has 3 aliphatic rings. The molecule has 1 unspecified atom stereocenters. The first-order valence-electron chi connectivity index (χ1n) is 13.1. The number of esters is 1. The fourth-order valence-corrected chi connectivity index (χ4v) is 6.29. The Kier molecular flexibility index (Phi) is 8.00. The van der Waals surface area contributed by atoms with Gasteiger partial charge in [-0.1, -0.05) is 71.9 Å². The number of carbonyl (C=O) groups is 2. The monoisotopic (exact) mass is 530 g/mol. The fraction of sp³-hybridized carbons (Fsp3) is 0.367. The Morgan fingerprint density at radius 3 is 2.45 bits per heavy atom. The van der Waals surface area contributed by atoms with E-state index in [1.54, 1.807) is 0 Å². The third kappa shape index (κ3) is 5.71. The average Bonchev–Trinajstić information content (AvgIpc) is 3.31. The van der Waals surface area contributed by atoms with Gasteiger partial charge in [-0.25, -0.2) is 9.79 Å². The lowest BCUT2D eigenvalue weighted by molar-refractivity contribution is -0.136. The fourth-order valence-electron chi connectivity index (χ4n) is 5.33. The number of thioether (sulfide) groups is 1. The molecule has 1 fully saturated rings. The molecular formula is C30H34N4O3S. The molecule has 38 heavy (non-hydrogen) atoms. The van der Waals surface area contributed by atoms with Gasteiger partial charge in [0.25, 0.3) is 0 Å². The number of allylic oxidation sites excluding steroid dienone is 1. The summed E-state index contributed by atoms with van der Waals surface area (Å²) in [5.41, 5.74) is 5.40. The van der Waals surface area contributed by atoms with E-state index in [9.17, 15) is 9.59 Å². The van der Waals surface area contributed by atoms with Crippen molar-refractivity contribution in [3.8, 4) is 0 Å². The molecule has 1 atom stereocenters. The standard InChI is InChI=1S/C30H34N4O3S/c1-20-9-11-23(12-10-20)28-27(29(36)37-3)21(2)31-30-34(28)25(19-38-30)17-26(35)32-24-13-15-33(16-14-24)18-22-7-5-4-6-8-22/h4-12,19,24,28H,13-18H2,1-3H3,(H,32,35). The van der Waals surface area contributed by atoms with E-state index in [1.165, 1.54) is 24.4 Å². The number of rotatable bonds is 7. The minimum atomic E-state index is -0.404. The van der Waals surface area contributed by atoms with Crippen LogP contribution in [0.1, 0.15) is 48.9 Å². The highest BCUT2D eigenvalue weighted by Gasteiger charge is 2.41. The molecule has 0 saturated carbocycles. The number of ether oxygens (including phenoxy) is 1. The van der Waals surface area contributed by atoms with Gasteiger partial charge in [0.1, 0.15) is 0 Å². The van der Waals surface area contributed by atoms with Gasteiger partial charge < -0.3 is 15.0 Å². The van der Waals surface area contributed by atoms with Crippen LogP contribution in [0.4, 0.5) is 0 Å². The molecule has 0 bridgehead atoms. The largest absolute Gasteiger partial charge is 0.466 e. The molecule has 0 aliphatic carbocycles. The Morgan fingerprint density at radius 2 is 1.76 bits per heavy atom. The van der Waals surface area contributed by atoms with Gasteiger partial charge >= 0.3 is 5.97 Å². The zero-order valence-electron chi connectivity index (χ0n) is 22.1. The maximum atomic E-state index is 13.2. The number of nitrogens with one attached hydrogen (secondary N) is 1. The van der Waals surface area contributed by atoms with Gasteiger partial charge in [-0.05, 0) is 43.2 Å².